The first kappa shape index (κ1) is 20.5. The fraction of sp³-hybridized carbons (Fsp3) is 0.471. The van der Waals surface area contributed by atoms with Crippen molar-refractivity contribution >= 4 is 11.4 Å². The molecule has 1 heterocycles. The Labute approximate surface area is 123 Å². The Bertz CT molecular complexity index is 436. The van der Waals surface area contributed by atoms with Crippen molar-refractivity contribution in [3.05, 3.63) is 35.7 Å². The maximum Gasteiger partial charge on any atom is 0.141 e. The Kier molecular flexibility index (Phi) is 12.6. The lowest BCUT2D eigenvalue weighted by Crippen LogP contribution is -1.82. The van der Waals surface area contributed by atoms with Gasteiger partial charge in [0.25, 0.3) is 0 Å². The van der Waals surface area contributed by atoms with Gasteiger partial charge in [0.15, 0.2) is 0 Å². The van der Waals surface area contributed by atoms with Crippen LogP contribution in [0.25, 0.3) is 5.57 Å². The zero-order valence-corrected chi connectivity index (χ0v) is 13.9. The van der Waals surface area contributed by atoms with Crippen LogP contribution in [0.4, 0.5) is 0 Å². The first-order chi connectivity index (χ1) is 9.42. The summed E-state index contributed by atoms with van der Waals surface area (Å²) in [6, 6.07) is 1.74. The molecule has 0 aliphatic rings. The van der Waals surface area contributed by atoms with Crippen LogP contribution in [0, 0.1) is 6.92 Å². The van der Waals surface area contributed by atoms with Crippen LogP contribution in [0.15, 0.2) is 24.3 Å². The molecule has 0 saturated heterocycles. The van der Waals surface area contributed by atoms with Crippen molar-refractivity contribution in [3.8, 4) is 5.75 Å². The lowest BCUT2D eigenvalue weighted by molar-refractivity contribution is -0.114. The number of aromatic hydroxyl groups is 1. The summed E-state index contributed by atoms with van der Waals surface area (Å²) in [7, 11) is 0. The molecular weight excluding hydrogens is 250 g/mol. The van der Waals surface area contributed by atoms with E-state index in [0.29, 0.717) is 5.75 Å². The van der Waals surface area contributed by atoms with E-state index < -0.39 is 0 Å². The van der Waals surface area contributed by atoms with Gasteiger partial charge in [-0.3, -0.25) is 0 Å². The second-order valence-corrected chi connectivity index (χ2v) is 4.19. The van der Waals surface area contributed by atoms with E-state index in [-0.39, 0.29) is 5.78 Å². The SMILES string of the molecule is C/C=C\C(=C/CC)c1[nH]c(C)cc1O.CC.CC(C)=O. The summed E-state index contributed by atoms with van der Waals surface area (Å²) < 4.78 is 0. The molecule has 1 rings (SSSR count). The monoisotopic (exact) mass is 279 g/mol. The van der Waals surface area contributed by atoms with Gasteiger partial charge in [0, 0.05) is 11.8 Å². The molecule has 20 heavy (non-hydrogen) atoms. The zero-order valence-electron chi connectivity index (χ0n) is 13.9. The average molecular weight is 279 g/mol. The van der Waals surface area contributed by atoms with Crippen LogP contribution in [0.5, 0.6) is 5.75 Å². The van der Waals surface area contributed by atoms with Crippen molar-refractivity contribution in [1.82, 2.24) is 4.98 Å². The van der Waals surface area contributed by atoms with Crippen LogP contribution in [0.2, 0.25) is 0 Å². The molecule has 0 saturated carbocycles. The van der Waals surface area contributed by atoms with Gasteiger partial charge in [0.1, 0.15) is 11.5 Å². The van der Waals surface area contributed by atoms with Gasteiger partial charge >= 0.3 is 0 Å². The van der Waals surface area contributed by atoms with E-state index in [0.717, 1.165) is 23.4 Å². The summed E-state index contributed by atoms with van der Waals surface area (Å²) in [6.45, 7) is 13.0. The summed E-state index contributed by atoms with van der Waals surface area (Å²) in [4.78, 5) is 12.6. The van der Waals surface area contributed by atoms with Crippen LogP contribution < -0.4 is 0 Å². The highest BCUT2D eigenvalue weighted by molar-refractivity contribution is 5.75. The van der Waals surface area contributed by atoms with Gasteiger partial charge in [0.2, 0.25) is 0 Å². The second-order valence-electron chi connectivity index (χ2n) is 4.19. The molecule has 0 aliphatic heterocycles. The number of hydrogen-bond acceptors (Lipinski definition) is 2. The molecule has 0 bridgehead atoms. The Morgan fingerprint density at radius 3 is 2.15 bits per heavy atom. The third-order valence-electron chi connectivity index (χ3n) is 1.99. The predicted molar refractivity (Wildman–Crippen MR) is 88.0 cm³/mol. The molecule has 0 atom stereocenters. The maximum absolute atomic E-state index is 9.65. The minimum atomic E-state index is 0.167. The lowest BCUT2D eigenvalue weighted by atomic mass is 10.1. The van der Waals surface area contributed by atoms with E-state index in [2.05, 4.69) is 18.0 Å². The lowest BCUT2D eigenvalue weighted by Gasteiger charge is -2.00. The number of hydrogen-bond donors (Lipinski definition) is 2. The molecule has 0 fully saturated rings. The summed E-state index contributed by atoms with van der Waals surface area (Å²) >= 11 is 0. The molecule has 0 aliphatic carbocycles. The van der Waals surface area contributed by atoms with Gasteiger partial charge in [-0.25, -0.2) is 0 Å². The quantitative estimate of drug-likeness (QED) is 0.763. The Hall–Kier alpha value is -1.77. The van der Waals surface area contributed by atoms with E-state index in [9.17, 15) is 9.90 Å². The third-order valence-corrected chi connectivity index (χ3v) is 1.99. The third kappa shape index (κ3) is 9.20. The zero-order chi connectivity index (χ0) is 16.1. The van der Waals surface area contributed by atoms with Crippen LogP contribution in [0.1, 0.15) is 59.4 Å². The highest BCUT2D eigenvalue weighted by atomic mass is 16.3. The number of allylic oxidation sites excluding steroid dienone is 4. The number of carbonyl (C=O) groups is 1. The Morgan fingerprint density at radius 1 is 1.35 bits per heavy atom. The van der Waals surface area contributed by atoms with Crippen LogP contribution in [-0.4, -0.2) is 15.9 Å². The normalized spacial score (nSPS) is 10.4. The summed E-state index contributed by atoms with van der Waals surface area (Å²) in [5.74, 6) is 0.486. The molecule has 2 N–H and O–H groups in total. The minimum Gasteiger partial charge on any atom is -0.506 e. The van der Waals surface area contributed by atoms with Crippen molar-refractivity contribution in [2.75, 3.05) is 0 Å². The highest BCUT2D eigenvalue weighted by Crippen LogP contribution is 2.26. The number of aryl methyl sites for hydroxylation is 1. The van der Waals surface area contributed by atoms with Crippen molar-refractivity contribution in [2.45, 2.75) is 54.9 Å². The van der Waals surface area contributed by atoms with E-state index in [1.807, 2.05) is 39.8 Å². The minimum absolute atomic E-state index is 0.167. The molecule has 0 unspecified atom stereocenters. The standard InChI is InChI=1S/C12H17NO.C3H6O.C2H6/c1-4-6-10(7-5-2)12-11(14)8-9(3)13-12;1-3(2)4;1-2/h4,6-8,13-14H,5H2,1-3H3;1-2H3;1-2H3/b6-4-,10-7+;;. The number of carbonyl (C=O) groups excluding carboxylic acids is 1. The number of nitrogens with one attached hydrogen (secondary N) is 1. The van der Waals surface area contributed by atoms with Crippen molar-refractivity contribution in [2.24, 2.45) is 0 Å². The molecule has 0 radical (unpaired) electrons. The largest absolute Gasteiger partial charge is 0.506 e. The fourth-order valence-electron chi connectivity index (χ4n) is 1.45. The van der Waals surface area contributed by atoms with Gasteiger partial charge < -0.3 is 14.9 Å². The molecule has 3 nitrogen and oxygen atoms in total. The van der Waals surface area contributed by atoms with Gasteiger partial charge in [0.05, 0.1) is 5.69 Å². The molecule has 0 amide bonds. The molecule has 1 aromatic heterocycles. The fourth-order valence-corrected chi connectivity index (χ4v) is 1.45. The van der Waals surface area contributed by atoms with Crippen molar-refractivity contribution in [1.29, 1.82) is 0 Å². The topological polar surface area (TPSA) is 53.1 Å². The average Bonchev–Trinajstić information content (AvgIpc) is 2.70. The maximum atomic E-state index is 9.65. The molecule has 1 aromatic rings. The first-order valence-corrected chi connectivity index (χ1v) is 7.11. The number of H-pyrrole nitrogens is 1. The van der Waals surface area contributed by atoms with E-state index in [1.165, 1.54) is 13.8 Å². The summed E-state index contributed by atoms with van der Waals surface area (Å²) in [5, 5.41) is 9.65. The molecule has 0 aromatic carbocycles. The number of rotatable bonds is 3. The number of Topliss-reactive ketones (excluding diaryl/α,β-unsaturated/α-hetero) is 1. The van der Waals surface area contributed by atoms with Crippen LogP contribution >= 0.6 is 0 Å². The Balaban J connectivity index is 0. The van der Waals surface area contributed by atoms with Crippen molar-refractivity contribution < 1.29 is 9.90 Å². The molecular formula is C17H29NO2. The number of aromatic amines is 1. The van der Waals surface area contributed by atoms with Crippen LogP contribution in [0.3, 0.4) is 0 Å². The summed E-state index contributed by atoms with van der Waals surface area (Å²) in [5.41, 5.74) is 2.83. The van der Waals surface area contributed by atoms with E-state index >= 15 is 0 Å². The van der Waals surface area contributed by atoms with E-state index in [1.54, 1.807) is 6.07 Å². The van der Waals surface area contributed by atoms with Gasteiger partial charge in [-0.05, 0) is 39.7 Å². The molecule has 3 heteroatoms. The molecule has 114 valence electrons. The number of ketones is 1. The van der Waals surface area contributed by atoms with E-state index in [4.69, 9.17) is 0 Å². The van der Waals surface area contributed by atoms with Crippen LogP contribution in [-0.2, 0) is 4.79 Å². The van der Waals surface area contributed by atoms with Crippen molar-refractivity contribution in [3.63, 3.8) is 0 Å². The van der Waals surface area contributed by atoms with Gasteiger partial charge in [-0.1, -0.05) is 39.0 Å². The Morgan fingerprint density at radius 2 is 1.85 bits per heavy atom. The summed E-state index contributed by atoms with van der Waals surface area (Å²) in [6.07, 6.45) is 7.01. The smallest absolute Gasteiger partial charge is 0.141 e. The molecule has 0 spiro atoms. The highest BCUT2D eigenvalue weighted by Gasteiger charge is 2.06. The first-order valence-electron chi connectivity index (χ1n) is 7.11. The second kappa shape index (κ2) is 12.3. The van der Waals surface area contributed by atoms with Gasteiger partial charge in [-0.2, -0.15) is 0 Å². The van der Waals surface area contributed by atoms with Gasteiger partial charge in [-0.15, -0.1) is 0 Å². The predicted octanol–water partition coefficient (Wildman–Crippen LogP) is 5.02. The number of aromatic nitrogens is 1.